The molecule has 140 valence electrons. The number of carbonyl (C=O) groups is 1. The molecule has 4 unspecified atom stereocenters. The van der Waals surface area contributed by atoms with E-state index in [4.69, 9.17) is 0 Å². The molecule has 1 amide bonds. The first-order chi connectivity index (χ1) is 11.9. The van der Waals surface area contributed by atoms with Gasteiger partial charge in [-0.3, -0.25) is 4.79 Å². The molecular formula is C19H32N4OS. The average molecular weight is 365 g/mol. The quantitative estimate of drug-likeness (QED) is 0.623. The van der Waals surface area contributed by atoms with Crippen LogP contribution in [0.15, 0.2) is 22.5 Å². The Bertz CT molecular complexity index is 570. The number of hydrogen-bond donors (Lipinski definition) is 2. The van der Waals surface area contributed by atoms with Crippen LogP contribution in [0.4, 0.5) is 0 Å². The highest BCUT2D eigenvalue weighted by atomic mass is 32.1. The molecule has 1 aliphatic rings. The van der Waals surface area contributed by atoms with Gasteiger partial charge >= 0.3 is 0 Å². The number of guanidine groups is 1. The molecule has 4 atom stereocenters. The monoisotopic (exact) mass is 364 g/mol. The van der Waals surface area contributed by atoms with Crippen molar-refractivity contribution < 1.29 is 4.79 Å². The molecule has 0 aliphatic heterocycles. The maximum absolute atomic E-state index is 11.9. The largest absolute Gasteiger partial charge is 0.354 e. The van der Waals surface area contributed by atoms with Crippen LogP contribution in [0, 0.1) is 11.8 Å². The smallest absolute Gasteiger partial charge is 0.243 e. The Morgan fingerprint density at radius 3 is 2.72 bits per heavy atom. The SMILES string of the molecule is CC(NC(=NCC(=O)N(C)C)NC1CCC(C)C(C)C1)c1cccs1. The minimum absolute atomic E-state index is 0.00973. The van der Waals surface area contributed by atoms with Crippen LogP contribution in [0.3, 0.4) is 0 Å². The lowest BCUT2D eigenvalue weighted by Gasteiger charge is -2.33. The van der Waals surface area contributed by atoms with Crippen molar-refractivity contribution in [1.82, 2.24) is 15.5 Å². The summed E-state index contributed by atoms with van der Waals surface area (Å²) >= 11 is 1.73. The van der Waals surface area contributed by atoms with E-state index in [-0.39, 0.29) is 18.5 Å². The molecule has 0 radical (unpaired) electrons. The van der Waals surface area contributed by atoms with E-state index in [2.05, 4.69) is 53.9 Å². The number of carbonyl (C=O) groups excluding carboxylic acids is 1. The van der Waals surface area contributed by atoms with E-state index in [1.807, 2.05) is 0 Å². The molecule has 1 fully saturated rings. The van der Waals surface area contributed by atoms with Gasteiger partial charge in [-0.2, -0.15) is 0 Å². The number of hydrogen-bond acceptors (Lipinski definition) is 3. The van der Waals surface area contributed by atoms with Crippen LogP contribution >= 0.6 is 11.3 Å². The third kappa shape index (κ3) is 6.03. The van der Waals surface area contributed by atoms with E-state index in [0.717, 1.165) is 24.7 Å². The van der Waals surface area contributed by atoms with Crippen LogP contribution in [-0.4, -0.2) is 43.4 Å². The number of amides is 1. The first kappa shape index (κ1) is 19.8. The zero-order valence-corrected chi connectivity index (χ0v) is 16.9. The number of likely N-dealkylation sites (N-methyl/N-ethyl adjacent to an activating group) is 1. The van der Waals surface area contributed by atoms with E-state index in [1.165, 1.54) is 11.3 Å². The van der Waals surface area contributed by atoms with Gasteiger partial charge in [0.15, 0.2) is 5.96 Å². The second-order valence-corrected chi connectivity index (χ2v) is 8.42. The Morgan fingerprint density at radius 1 is 1.36 bits per heavy atom. The van der Waals surface area contributed by atoms with Crippen molar-refractivity contribution in [2.75, 3.05) is 20.6 Å². The fourth-order valence-electron chi connectivity index (χ4n) is 3.11. The molecule has 1 aromatic heterocycles. The molecule has 0 spiro atoms. The first-order valence-electron chi connectivity index (χ1n) is 9.18. The number of nitrogens with one attached hydrogen (secondary N) is 2. The number of aliphatic imine (C=N–C) groups is 1. The summed E-state index contributed by atoms with van der Waals surface area (Å²) in [6.45, 7) is 6.95. The molecule has 2 rings (SSSR count). The van der Waals surface area contributed by atoms with Crippen molar-refractivity contribution in [3.05, 3.63) is 22.4 Å². The van der Waals surface area contributed by atoms with Gasteiger partial charge in [0.2, 0.25) is 5.91 Å². The maximum Gasteiger partial charge on any atom is 0.243 e. The van der Waals surface area contributed by atoms with Gasteiger partial charge in [-0.15, -0.1) is 11.3 Å². The highest BCUT2D eigenvalue weighted by Gasteiger charge is 2.25. The highest BCUT2D eigenvalue weighted by Crippen LogP contribution is 2.29. The van der Waals surface area contributed by atoms with Gasteiger partial charge in [-0.05, 0) is 49.5 Å². The zero-order valence-electron chi connectivity index (χ0n) is 16.1. The van der Waals surface area contributed by atoms with E-state index in [9.17, 15) is 4.79 Å². The van der Waals surface area contributed by atoms with Gasteiger partial charge in [-0.1, -0.05) is 19.9 Å². The molecule has 25 heavy (non-hydrogen) atoms. The van der Waals surface area contributed by atoms with Crippen LogP contribution in [-0.2, 0) is 4.79 Å². The van der Waals surface area contributed by atoms with Crippen LogP contribution in [0.2, 0.25) is 0 Å². The van der Waals surface area contributed by atoms with E-state index in [0.29, 0.717) is 12.0 Å². The molecule has 1 aromatic rings. The van der Waals surface area contributed by atoms with Gasteiger partial charge in [0, 0.05) is 25.0 Å². The van der Waals surface area contributed by atoms with E-state index in [1.54, 1.807) is 30.3 Å². The summed E-state index contributed by atoms with van der Waals surface area (Å²) < 4.78 is 0. The second kappa shape index (κ2) is 9.22. The van der Waals surface area contributed by atoms with Crippen LogP contribution < -0.4 is 10.6 Å². The Balaban J connectivity index is 2.03. The first-order valence-corrected chi connectivity index (χ1v) is 10.1. The van der Waals surface area contributed by atoms with Crippen molar-refractivity contribution in [2.45, 2.75) is 52.1 Å². The van der Waals surface area contributed by atoms with Crippen LogP contribution in [0.25, 0.3) is 0 Å². The second-order valence-electron chi connectivity index (χ2n) is 7.44. The van der Waals surface area contributed by atoms with E-state index >= 15 is 0 Å². The summed E-state index contributed by atoms with van der Waals surface area (Å²) in [5, 5.41) is 9.11. The molecule has 1 saturated carbocycles. The minimum atomic E-state index is 0.00973. The third-order valence-electron chi connectivity index (χ3n) is 5.13. The lowest BCUT2D eigenvalue weighted by atomic mass is 9.79. The zero-order chi connectivity index (χ0) is 18.4. The predicted octanol–water partition coefficient (Wildman–Crippen LogP) is 3.26. The summed E-state index contributed by atoms with van der Waals surface area (Å²) in [4.78, 5) is 19.3. The summed E-state index contributed by atoms with van der Waals surface area (Å²) in [5.41, 5.74) is 0. The van der Waals surface area contributed by atoms with Crippen molar-refractivity contribution in [3.8, 4) is 0 Å². The normalized spacial score (nSPS) is 25.3. The molecular weight excluding hydrogens is 332 g/mol. The Hall–Kier alpha value is -1.56. The lowest BCUT2D eigenvalue weighted by molar-refractivity contribution is -0.127. The standard InChI is InChI=1S/C19H32N4OS/c1-13-8-9-16(11-14(13)2)22-19(20-12-18(24)23(4)5)21-15(3)17-7-6-10-25-17/h6-7,10,13-16H,8-9,11-12H2,1-5H3,(H2,20,21,22). The maximum atomic E-state index is 11.9. The number of thiophene rings is 1. The molecule has 5 nitrogen and oxygen atoms in total. The summed E-state index contributed by atoms with van der Waals surface area (Å²) in [7, 11) is 3.52. The Morgan fingerprint density at radius 2 is 2.12 bits per heavy atom. The topological polar surface area (TPSA) is 56.7 Å². The molecule has 1 heterocycles. The van der Waals surface area contributed by atoms with E-state index < -0.39 is 0 Å². The molecule has 0 bridgehead atoms. The number of rotatable bonds is 5. The summed E-state index contributed by atoms with van der Waals surface area (Å²) in [6.07, 6.45) is 3.54. The van der Waals surface area contributed by atoms with Gasteiger partial charge in [0.05, 0.1) is 6.04 Å². The Labute approximate surface area is 155 Å². The molecule has 0 saturated heterocycles. The third-order valence-corrected chi connectivity index (χ3v) is 6.19. The predicted molar refractivity (Wildman–Crippen MR) is 106 cm³/mol. The van der Waals surface area contributed by atoms with Crippen molar-refractivity contribution in [3.63, 3.8) is 0 Å². The van der Waals surface area contributed by atoms with Crippen molar-refractivity contribution >= 4 is 23.2 Å². The number of nitrogens with zero attached hydrogens (tertiary/aromatic N) is 2. The molecule has 6 heteroatoms. The minimum Gasteiger partial charge on any atom is -0.354 e. The summed E-state index contributed by atoms with van der Waals surface area (Å²) in [6, 6.07) is 4.76. The van der Waals surface area contributed by atoms with Crippen molar-refractivity contribution in [2.24, 2.45) is 16.8 Å². The van der Waals surface area contributed by atoms with Gasteiger partial charge < -0.3 is 15.5 Å². The molecule has 2 N–H and O–H groups in total. The Kier molecular flexibility index (Phi) is 7.29. The average Bonchev–Trinajstić information content (AvgIpc) is 3.10. The van der Waals surface area contributed by atoms with Gasteiger partial charge in [0.25, 0.3) is 0 Å². The van der Waals surface area contributed by atoms with Gasteiger partial charge in [0.1, 0.15) is 6.54 Å². The fourth-order valence-corrected chi connectivity index (χ4v) is 3.84. The fraction of sp³-hybridized carbons (Fsp3) is 0.684. The lowest BCUT2D eigenvalue weighted by Crippen LogP contribution is -2.47. The molecule has 0 aromatic carbocycles. The van der Waals surface area contributed by atoms with Crippen LogP contribution in [0.1, 0.15) is 51.0 Å². The summed E-state index contributed by atoms with van der Waals surface area (Å²) in [5.74, 6) is 2.25. The van der Waals surface area contributed by atoms with Crippen LogP contribution in [0.5, 0.6) is 0 Å². The molecule has 1 aliphatic carbocycles. The van der Waals surface area contributed by atoms with Crippen molar-refractivity contribution in [1.29, 1.82) is 0 Å². The highest BCUT2D eigenvalue weighted by molar-refractivity contribution is 7.10. The van der Waals surface area contributed by atoms with Gasteiger partial charge in [-0.25, -0.2) is 4.99 Å².